The van der Waals surface area contributed by atoms with Gasteiger partial charge in [-0.3, -0.25) is 5.10 Å². The van der Waals surface area contributed by atoms with Crippen molar-refractivity contribution in [3.63, 3.8) is 0 Å². The average Bonchev–Trinajstić information content (AvgIpc) is 3.32. The highest BCUT2D eigenvalue weighted by Crippen LogP contribution is 2.47. The van der Waals surface area contributed by atoms with Crippen molar-refractivity contribution >= 4 is 6.09 Å². The van der Waals surface area contributed by atoms with Gasteiger partial charge in [-0.05, 0) is 24.0 Å². The number of nitrogens with two attached hydrogens (primary N) is 1. The first-order valence-corrected chi connectivity index (χ1v) is 12.3. The number of benzene rings is 2. The molecule has 1 amide bonds. The molecule has 1 unspecified atom stereocenters. The van der Waals surface area contributed by atoms with E-state index < -0.39 is 12.0 Å². The predicted molar refractivity (Wildman–Crippen MR) is 137 cm³/mol. The number of nitriles is 1. The fourth-order valence-electron chi connectivity index (χ4n) is 4.77. The Labute approximate surface area is 215 Å². The smallest absolute Gasteiger partial charge is 0.415 e. The quantitative estimate of drug-likeness (QED) is 0.535. The minimum atomic E-state index is -0.647. The normalized spacial score (nSPS) is 17.2. The van der Waals surface area contributed by atoms with Crippen LogP contribution in [0.3, 0.4) is 0 Å². The van der Waals surface area contributed by atoms with Crippen molar-refractivity contribution in [2.24, 2.45) is 11.7 Å². The van der Waals surface area contributed by atoms with E-state index >= 15 is 0 Å². The second-order valence-corrected chi connectivity index (χ2v) is 9.54. The van der Waals surface area contributed by atoms with Gasteiger partial charge in [-0.15, -0.1) is 5.10 Å². The third-order valence-corrected chi connectivity index (χ3v) is 6.52. The van der Waals surface area contributed by atoms with E-state index in [0.717, 1.165) is 12.0 Å². The molecule has 3 heterocycles. The fourth-order valence-corrected chi connectivity index (χ4v) is 4.77. The first kappa shape index (κ1) is 24.4. The second kappa shape index (κ2) is 10.4. The monoisotopic (exact) mass is 499 g/mol. The lowest BCUT2D eigenvalue weighted by Gasteiger charge is -2.28. The molecule has 37 heavy (non-hydrogen) atoms. The van der Waals surface area contributed by atoms with Crippen LogP contribution in [0.1, 0.15) is 36.5 Å². The Balaban J connectivity index is 1.56. The number of aromatic nitrogens is 2. The molecule has 2 aromatic carbocycles. The Kier molecular flexibility index (Phi) is 6.84. The number of morpholine rings is 1. The number of hydrogen-bond acceptors (Lipinski definition) is 7. The van der Waals surface area contributed by atoms with Crippen molar-refractivity contribution in [2.75, 3.05) is 26.3 Å². The number of H-pyrrole nitrogens is 1. The van der Waals surface area contributed by atoms with Gasteiger partial charge in [0.15, 0.2) is 0 Å². The van der Waals surface area contributed by atoms with Crippen LogP contribution in [0.25, 0.3) is 11.3 Å². The Morgan fingerprint density at radius 1 is 1.22 bits per heavy atom. The molecule has 2 aliphatic rings. The van der Waals surface area contributed by atoms with Crippen molar-refractivity contribution in [3.8, 4) is 29.0 Å². The van der Waals surface area contributed by atoms with Crippen molar-refractivity contribution in [1.29, 1.82) is 5.26 Å². The Morgan fingerprint density at radius 3 is 2.65 bits per heavy atom. The summed E-state index contributed by atoms with van der Waals surface area (Å²) in [5.74, 6) is 0.506. The maximum Gasteiger partial charge on any atom is 0.415 e. The van der Waals surface area contributed by atoms with Crippen molar-refractivity contribution in [1.82, 2.24) is 15.1 Å². The Hall–Kier alpha value is -4.29. The molecule has 1 aromatic heterocycles. The summed E-state index contributed by atoms with van der Waals surface area (Å²) in [7, 11) is 0. The number of nitrogens with one attached hydrogen (secondary N) is 1. The molecule has 0 bridgehead atoms. The first-order chi connectivity index (χ1) is 18.0. The van der Waals surface area contributed by atoms with E-state index in [2.05, 4.69) is 42.2 Å². The summed E-state index contributed by atoms with van der Waals surface area (Å²) in [4.78, 5) is 14.5. The summed E-state index contributed by atoms with van der Waals surface area (Å²) in [6.07, 6.45) is 0.513. The Morgan fingerprint density at radius 2 is 1.95 bits per heavy atom. The standard InChI is InChI=1S/C28H29N5O4/c1-17(2)15-18-7-9-19(10-8-18)25-24-23(21(16-29)26(30)37-27(24)32-31-25)20-5-3-4-6-22(20)36-28(34)33-11-13-35-14-12-33/h3-10,17,23H,11-15,30H2,1-2H3,(H,31,32). The van der Waals surface area contributed by atoms with Crippen molar-refractivity contribution in [3.05, 3.63) is 76.7 Å². The van der Waals surface area contributed by atoms with Crippen LogP contribution >= 0.6 is 0 Å². The van der Waals surface area contributed by atoms with Crippen LogP contribution in [0, 0.1) is 17.2 Å². The zero-order valence-electron chi connectivity index (χ0n) is 20.9. The van der Waals surface area contributed by atoms with Gasteiger partial charge in [0, 0.05) is 24.2 Å². The molecular weight excluding hydrogens is 470 g/mol. The average molecular weight is 500 g/mol. The van der Waals surface area contributed by atoms with Crippen LogP contribution < -0.4 is 15.2 Å². The lowest BCUT2D eigenvalue weighted by molar-refractivity contribution is 0.0415. The molecule has 190 valence electrons. The number of para-hydroxylation sites is 1. The van der Waals surface area contributed by atoms with E-state index in [0.29, 0.717) is 54.8 Å². The third kappa shape index (κ3) is 4.88. The molecule has 0 radical (unpaired) electrons. The number of allylic oxidation sites excluding steroid dienone is 1. The number of ether oxygens (including phenoxy) is 3. The van der Waals surface area contributed by atoms with Crippen LogP contribution in [0.15, 0.2) is 60.0 Å². The zero-order valence-corrected chi connectivity index (χ0v) is 20.9. The molecular formula is C28H29N5O4. The molecule has 2 aliphatic heterocycles. The van der Waals surface area contributed by atoms with Crippen LogP contribution in [-0.4, -0.2) is 47.5 Å². The minimum absolute atomic E-state index is 0.0281. The van der Waals surface area contributed by atoms with Gasteiger partial charge in [0.25, 0.3) is 0 Å². The van der Waals surface area contributed by atoms with E-state index in [1.165, 1.54) is 5.56 Å². The lowest BCUT2D eigenvalue weighted by Crippen LogP contribution is -2.42. The molecule has 9 nitrogen and oxygen atoms in total. The first-order valence-electron chi connectivity index (χ1n) is 12.3. The topological polar surface area (TPSA) is 126 Å². The summed E-state index contributed by atoms with van der Waals surface area (Å²) in [5, 5.41) is 17.5. The van der Waals surface area contributed by atoms with Gasteiger partial charge in [-0.2, -0.15) is 5.26 Å². The van der Waals surface area contributed by atoms with Crippen LogP contribution in [0.4, 0.5) is 4.79 Å². The molecule has 0 saturated carbocycles. The SMILES string of the molecule is CC(C)Cc1ccc(-c2[nH]nc3c2C(c2ccccc2OC(=O)N2CCOCC2)C(C#N)=C(N)O3)cc1. The highest BCUT2D eigenvalue weighted by Gasteiger charge is 2.37. The summed E-state index contributed by atoms with van der Waals surface area (Å²) < 4.78 is 16.9. The van der Waals surface area contributed by atoms with E-state index in [4.69, 9.17) is 19.9 Å². The fraction of sp³-hybridized carbons (Fsp3) is 0.321. The molecule has 0 spiro atoms. The molecule has 1 fully saturated rings. The Bertz CT molecular complexity index is 1360. The lowest BCUT2D eigenvalue weighted by atomic mass is 9.82. The molecule has 9 heteroatoms. The second-order valence-electron chi connectivity index (χ2n) is 9.54. The number of carbonyl (C=O) groups is 1. The highest BCUT2D eigenvalue weighted by molar-refractivity contribution is 5.74. The van der Waals surface area contributed by atoms with E-state index in [1.54, 1.807) is 17.0 Å². The summed E-state index contributed by atoms with van der Waals surface area (Å²) in [5.41, 5.74) is 10.5. The van der Waals surface area contributed by atoms with Gasteiger partial charge in [-0.1, -0.05) is 56.3 Å². The number of nitrogens with zero attached hydrogens (tertiary/aromatic N) is 3. The van der Waals surface area contributed by atoms with Crippen LogP contribution in [-0.2, 0) is 11.2 Å². The van der Waals surface area contributed by atoms with Crippen LogP contribution in [0.2, 0.25) is 0 Å². The maximum absolute atomic E-state index is 12.9. The van der Waals surface area contributed by atoms with Crippen molar-refractivity contribution in [2.45, 2.75) is 26.2 Å². The van der Waals surface area contributed by atoms with Crippen molar-refractivity contribution < 1.29 is 19.0 Å². The number of rotatable bonds is 5. The zero-order chi connectivity index (χ0) is 25.9. The predicted octanol–water partition coefficient (Wildman–Crippen LogP) is 4.32. The van der Waals surface area contributed by atoms with Gasteiger partial charge in [0.1, 0.15) is 17.4 Å². The minimum Gasteiger partial charge on any atom is -0.420 e. The highest BCUT2D eigenvalue weighted by atomic mass is 16.6. The van der Waals surface area contributed by atoms with E-state index in [-0.39, 0.29) is 17.3 Å². The van der Waals surface area contributed by atoms with Gasteiger partial charge >= 0.3 is 6.09 Å². The van der Waals surface area contributed by atoms with E-state index in [9.17, 15) is 10.1 Å². The molecule has 3 aromatic rings. The molecule has 0 aliphatic carbocycles. The van der Waals surface area contributed by atoms with Crippen LogP contribution in [0.5, 0.6) is 11.6 Å². The molecule has 1 saturated heterocycles. The summed E-state index contributed by atoms with van der Waals surface area (Å²) >= 11 is 0. The maximum atomic E-state index is 12.9. The third-order valence-electron chi connectivity index (χ3n) is 6.52. The number of aromatic amines is 1. The van der Waals surface area contributed by atoms with Gasteiger partial charge in [0.2, 0.25) is 11.8 Å². The molecule has 3 N–H and O–H groups in total. The molecule has 5 rings (SSSR count). The largest absolute Gasteiger partial charge is 0.420 e. The summed E-state index contributed by atoms with van der Waals surface area (Å²) in [6.45, 7) is 6.21. The van der Waals surface area contributed by atoms with E-state index in [1.807, 2.05) is 24.3 Å². The van der Waals surface area contributed by atoms with Gasteiger partial charge in [0.05, 0.1) is 30.4 Å². The van der Waals surface area contributed by atoms with Gasteiger partial charge < -0.3 is 24.8 Å². The molecule has 1 atom stereocenters. The number of fused-ring (bicyclic) bond motifs is 1. The number of hydrogen-bond donors (Lipinski definition) is 2. The number of carbonyl (C=O) groups excluding carboxylic acids is 1. The number of amides is 1. The summed E-state index contributed by atoms with van der Waals surface area (Å²) in [6, 6.07) is 17.6. The van der Waals surface area contributed by atoms with Gasteiger partial charge in [-0.25, -0.2) is 4.79 Å².